The number of hydrogen-bond acceptors (Lipinski definition) is 3. The van der Waals surface area contributed by atoms with Gasteiger partial charge in [0.1, 0.15) is 0 Å². The Bertz CT molecular complexity index is 3670. The Balaban J connectivity index is 1.25. The van der Waals surface area contributed by atoms with Gasteiger partial charge in [0.15, 0.2) is 17.5 Å². The van der Waals surface area contributed by atoms with E-state index in [2.05, 4.69) is 30.3 Å². The van der Waals surface area contributed by atoms with Crippen molar-refractivity contribution < 1.29 is 11.0 Å². The minimum atomic E-state index is -0.513. The van der Waals surface area contributed by atoms with Gasteiger partial charge in [0.05, 0.1) is 27.7 Å². The van der Waals surface area contributed by atoms with Crippen LogP contribution in [0.3, 0.4) is 0 Å². The summed E-state index contributed by atoms with van der Waals surface area (Å²) in [4.78, 5) is 15.3. The van der Waals surface area contributed by atoms with Crippen LogP contribution in [0.1, 0.15) is 11.0 Å². The number of para-hydroxylation sites is 2. The van der Waals surface area contributed by atoms with Crippen molar-refractivity contribution in [2.24, 2.45) is 0 Å². The largest absolute Gasteiger partial charge is 0.309 e. The van der Waals surface area contributed by atoms with Gasteiger partial charge >= 0.3 is 0 Å². The van der Waals surface area contributed by atoms with E-state index in [1.54, 1.807) is 0 Å². The van der Waals surface area contributed by atoms with Gasteiger partial charge in [-0.25, -0.2) is 15.0 Å². The van der Waals surface area contributed by atoms with Crippen molar-refractivity contribution in [2.75, 3.05) is 0 Å². The first-order valence-corrected chi connectivity index (χ1v) is 18.6. The van der Waals surface area contributed by atoms with Crippen LogP contribution in [0, 0.1) is 0 Å². The Labute approximate surface area is 341 Å². The molecule has 2 heterocycles. The second-order valence-corrected chi connectivity index (χ2v) is 13.9. The Morgan fingerprint density at radius 1 is 0.351 bits per heavy atom. The summed E-state index contributed by atoms with van der Waals surface area (Å²) in [6.07, 6.45) is 0. The van der Waals surface area contributed by atoms with Gasteiger partial charge in [0.25, 0.3) is 0 Å². The summed E-state index contributed by atoms with van der Waals surface area (Å²) < 4.78 is 73.2. The molecule has 9 aromatic carbocycles. The SMILES string of the molecule is [2H]c1c([2H])c([2H])c2c(c1[2H])c1c([2H])c([2H])c([2H])c([2H])c1n2-c1ccc(-c2cccc3cc4ccccc4cc23)cc1-c1nc(-c2ccccc2)nc(-c2ccc(-c3ccccc3)cc2)n1. The maximum absolute atomic E-state index is 9.31. The number of aromatic nitrogens is 4. The maximum Gasteiger partial charge on any atom is 0.166 e. The van der Waals surface area contributed by atoms with Crippen LogP contribution in [0.15, 0.2) is 206 Å². The second-order valence-electron chi connectivity index (χ2n) is 13.9. The molecule has 0 atom stereocenters. The summed E-state index contributed by atoms with van der Waals surface area (Å²) >= 11 is 0. The van der Waals surface area contributed by atoms with Gasteiger partial charge in [-0.05, 0) is 80.1 Å². The predicted molar refractivity (Wildman–Crippen MR) is 236 cm³/mol. The first-order valence-electron chi connectivity index (χ1n) is 22.6. The van der Waals surface area contributed by atoms with Crippen LogP contribution in [0.4, 0.5) is 0 Å². The normalized spacial score (nSPS) is 13.5. The zero-order chi connectivity index (χ0) is 44.7. The van der Waals surface area contributed by atoms with Crippen molar-refractivity contribution in [1.29, 1.82) is 0 Å². The Morgan fingerprint density at radius 3 is 1.54 bits per heavy atom. The number of fused-ring (bicyclic) bond motifs is 5. The zero-order valence-corrected chi connectivity index (χ0v) is 30.3. The van der Waals surface area contributed by atoms with Crippen LogP contribution in [0.25, 0.3) is 105 Å². The van der Waals surface area contributed by atoms with Crippen LogP contribution in [0.2, 0.25) is 0 Å². The lowest BCUT2D eigenvalue weighted by atomic mass is 9.94. The highest BCUT2D eigenvalue weighted by Gasteiger charge is 2.21. The van der Waals surface area contributed by atoms with Gasteiger partial charge in [-0.15, -0.1) is 0 Å². The molecule has 11 rings (SSSR count). The summed E-state index contributed by atoms with van der Waals surface area (Å²) in [6, 6.07) is 48.3. The molecule has 4 nitrogen and oxygen atoms in total. The average molecular weight is 735 g/mol. The summed E-state index contributed by atoms with van der Waals surface area (Å²) in [7, 11) is 0. The third kappa shape index (κ3) is 5.74. The molecule has 2 aromatic heterocycles. The Hall–Kier alpha value is -7.69. The number of rotatable bonds is 6. The fraction of sp³-hybridized carbons (Fsp3) is 0. The molecule has 0 aliphatic heterocycles. The van der Waals surface area contributed by atoms with Crippen molar-refractivity contribution >= 4 is 43.4 Å². The fourth-order valence-electron chi connectivity index (χ4n) is 7.74. The van der Waals surface area contributed by atoms with Crippen LogP contribution in [0.5, 0.6) is 0 Å². The van der Waals surface area contributed by atoms with Crippen molar-refractivity contribution in [1.82, 2.24) is 19.5 Å². The molecule has 0 N–H and O–H groups in total. The quantitative estimate of drug-likeness (QED) is 0.160. The molecule has 11 aromatic rings. The van der Waals surface area contributed by atoms with Crippen LogP contribution < -0.4 is 0 Å². The molecule has 0 amide bonds. The standard InChI is InChI=1S/C53H34N4/c1-3-14-35(15-4-1)36-26-28-38(29-27-36)52-54-51(37-16-5-2-6-17-37)55-53(56-52)47-34-42(43-23-13-20-41-32-39-18-7-8-19-40(39)33-46(41)43)30-31-50(47)57-48-24-11-9-21-44(48)45-22-10-12-25-49(45)57/h1-34H/i9D,10D,11D,12D,21D,22D,24D,25D. The lowest BCUT2D eigenvalue weighted by molar-refractivity contribution is 1.06. The molecule has 0 saturated carbocycles. The highest BCUT2D eigenvalue weighted by Crippen LogP contribution is 2.40. The molecule has 266 valence electrons. The molecule has 0 aliphatic rings. The molecule has 0 aliphatic carbocycles. The minimum Gasteiger partial charge on any atom is -0.309 e. The summed E-state index contributed by atoms with van der Waals surface area (Å²) in [5, 5.41) is 4.18. The second kappa shape index (κ2) is 13.6. The van der Waals surface area contributed by atoms with Crippen molar-refractivity contribution in [2.45, 2.75) is 0 Å². The van der Waals surface area contributed by atoms with Crippen molar-refractivity contribution in [3.63, 3.8) is 0 Å². The molecule has 0 radical (unpaired) electrons. The van der Waals surface area contributed by atoms with E-state index in [1.165, 1.54) is 4.57 Å². The minimum absolute atomic E-state index is 0.00214. The van der Waals surface area contributed by atoms with E-state index in [0.29, 0.717) is 22.9 Å². The van der Waals surface area contributed by atoms with E-state index in [4.69, 9.17) is 23.2 Å². The fourth-order valence-corrected chi connectivity index (χ4v) is 7.74. The Morgan fingerprint density at radius 2 is 0.860 bits per heavy atom. The average Bonchev–Trinajstić information content (AvgIpc) is 3.72. The van der Waals surface area contributed by atoms with E-state index < -0.39 is 48.3 Å². The lowest BCUT2D eigenvalue weighted by Gasteiger charge is -2.17. The van der Waals surface area contributed by atoms with Gasteiger partial charge in [0, 0.05) is 27.5 Å². The van der Waals surface area contributed by atoms with E-state index in [1.807, 2.05) is 127 Å². The van der Waals surface area contributed by atoms with Gasteiger partial charge in [-0.3, -0.25) is 0 Å². The molecule has 0 bridgehead atoms. The maximum atomic E-state index is 9.31. The van der Waals surface area contributed by atoms with Crippen molar-refractivity contribution in [3.05, 3.63) is 206 Å². The predicted octanol–water partition coefficient (Wildman–Crippen LogP) is 13.6. The summed E-state index contributed by atoms with van der Waals surface area (Å²) in [5.74, 6) is 1.00. The molecule has 4 heteroatoms. The van der Waals surface area contributed by atoms with Gasteiger partial charge < -0.3 is 4.57 Å². The summed E-state index contributed by atoms with van der Waals surface area (Å²) in [5.41, 5.74) is 6.02. The highest BCUT2D eigenvalue weighted by molar-refractivity contribution is 6.10. The van der Waals surface area contributed by atoms with E-state index in [-0.39, 0.29) is 27.6 Å². The van der Waals surface area contributed by atoms with Crippen LogP contribution in [-0.2, 0) is 0 Å². The highest BCUT2D eigenvalue weighted by atomic mass is 15.1. The Kier molecular flexibility index (Phi) is 6.04. The van der Waals surface area contributed by atoms with E-state index >= 15 is 0 Å². The smallest absolute Gasteiger partial charge is 0.166 e. The number of hydrogen-bond donors (Lipinski definition) is 0. The molecule has 57 heavy (non-hydrogen) atoms. The first kappa shape index (κ1) is 25.4. The zero-order valence-electron chi connectivity index (χ0n) is 38.3. The number of nitrogens with zero attached hydrogens (tertiary/aromatic N) is 4. The molecule has 0 spiro atoms. The molecule has 0 saturated heterocycles. The third-order valence-corrected chi connectivity index (χ3v) is 10.5. The summed E-state index contributed by atoms with van der Waals surface area (Å²) in [6.45, 7) is 0. The van der Waals surface area contributed by atoms with Gasteiger partial charge in [-0.1, -0.05) is 170 Å². The number of benzene rings is 9. The van der Waals surface area contributed by atoms with Crippen LogP contribution in [-0.4, -0.2) is 19.5 Å². The van der Waals surface area contributed by atoms with Crippen LogP contribution >= 0.6 is 0 Å². The topological polar surface area (TPSA) is 43.6 Å². The molecule has 0 unspecified atom stereocenters. The third-order valence-electron chi connectivity index (χ3n) is 10.5. The molecular weight excluding hydrogens is 693 g/mol. The first-order chi connectivity index (χ1) is 31.6. The molecular formula is C53H34N4. The van der Waals surface area contributed by atoms with E-state index in [0.717, 1.165) is 54.9 Å². The van der Waals surface area contributed by atoms with Gasteiger partial charge in [0.2, 0.25) is 0 Å². The van der Waals surface area contributed by atoms with Gasteiger partial charge in [-0.2, -0.15) is 0 Å². The molecule has 0 fully saturated rings. The van der Waals surface area contributed by atoms with Crippen molar-refractivity contribution in [3.8, 4) is 62.1 Å². The van der Waals surface area contributed by atoms with E-state index in [9.17, 15) is 2.74 Å². The monoisotopic (exact) mass is 734 g/mol. The lowest BCUT2D eigenvalue weighted by Crippen LogP contribution is -2.04.